The first-order valence-electron chi connectivity index (χ1n) is 5.15. The lowest BCUT2D eigenvalue weighted by Gasteiger charge is -2.08. The fourth-order valence-electron chi connectivity index (χ4n) is 1.54. The van der Waals surface area contributed by atoms with Gasteiger partial charge in [0, 0.05) is 0 Å². The van der Waals surface area contributed by atoms with Crippen molar-refractivity contribution in [3.05, 3.63) is 59.0 Å². The Balaban J connectivity index is 2.24. The maximum atomic E-state index is 10.0. The molecule has 0 spiro atoms. The van der Waals surface area contributed by atoms with Crippen molar-refractivity contribution in [2.24, 2.45) is 0 Å². The molecule has 0 aliphatic heterocycles. The van der Waals surface area contributed by atoms with Crippen LogP contribution in [-0.2, 0) is 6.61 Å². The molecular formula is C13H14O3. The summed E-state index contributed by atoms with van der Waals surface area (Å²) < 4.78 is 5.28. The second-order valence-electron chi connectivity index (χ2n) is 3.78. The van der Waals surface area contributed by atoms with Crippen molar-refractivity contribution >= 4 is 0 Å². The van der Waals surface area contributed by atoms with E-state index in [1.165, 1.54) is 0 Å². The van der Waals surface area contributed by atoms with Crippen LogP contribution >= 0.6 is 0 Å². The Hall–Kier alpha value is -1.58. The van der Waals surface area contributed by atoms with Crippen molar-refractivity contribution in [3.63, 3.8) is 0 Å². The number of aliphatic hydroxyl groups is 2. The molecular weight excluding hydrogens is 204 g/mol. The smallest absolute Gasteiger partial charge is 0.137 e. The summed E-state index contributed by atoms with van der Waals surface area (Å²) in [7, 11) is 0. The van der Waals surface area contributed by atoms with Crippen molar-refractivity contribution in [1.29, 1.82) is 0 Å². The zero-order valence-corrected chi connectivity index (χ0v) is 9.05. The fourth-order valence-corrected chi connectivity index (χ4v) is 1.54. The van der Waals surface area contributed by atoms with Crippen molar-refractivity contribution < 1.29 is 14.6 Å². The molecule has 1 aromatic heterocycles. The quantitative estimate of drug-likeness (QED) is 0.830. The van der Waals surface area contributed by atoms with Crippen LogP contribution in [0.2, 0.25) is 0 Å². The number of aryl methyl sites for hydroxylation is 1. The monoisotopic (exact) mass is 218 g/mol. The highest BCUT2D eigenvalue weighted by atomic mass is 16.4. The van der Waals surface area contributed by atoms with E-state index in [0.717, 1.165) is 11.1 Å². The third kappa shape index (κ3) is 2.15. The molecule has 0 saturated heterocycles. The van der Waals surface area contributed by atoms with Gasteiger partial charge in [-0.3, -0.25) is 0 Å². The second-order valence-corrected chi connectivity index (χ2v) is 3.78. The predicted molar refractivity (Wildman–Crippen MR) is 59.9 cm³/mol. The summed E-state index contributed by atoms with van der Waals surface area (Å²) in [6.45, 7) is 1.84. The number of benzene rings is 1. The molecule has 0 amide bonds. The molecule has 0 aliphatic rings. The minimum absolute atomic E-state index is 0.152. The fraction of sp³-hybridized carbons (Fsp3) is 0.231. The number of rotatable bonds is 3. The number of furan rings is 1. The molecule has 3 nitrogen and oxygen atoms in total. The highest BCUT2D eigenvalue weighted by Crippen LogP contribution is 2.23. The lowest BCUT2D eigenvalue weighted by atomic mass is 10.1. The first kappa shape index (κ1) is 10.9. The third-order valence-electron chi connectivity index (χ3n) is 2.50. The van der Waals surface area contributed by atoms with Crippen LogP contribution in [-0.4, -0.2) is 10.2 Å². The average molecular weight is 218 g/mol. The van der Waals surface area contributed by atoms with Crippen LogP contribution in [0.3, 0.4) is 0 Å². The summed E-state index contributed by atoms with van der Waals surface area (Å²) in [5, 5.41) is 18.9. The molecule has 0 saturated carbocycles. The van der Waals surface area contributed by atoms with Crippen molar-refractivity contribution in [3.8, 4) is 0 Å². The zero-order valence-electron chi connectivity index (χ0n) is 9.05. The molecule has 2 rings (SSSR count). The first-order chi connectivity index (χ1) is 7.70. The van der Waals surface area contributed by atoms with Gasteiger partial charge in [-0.25, -0.2) is 0 Å². The molecule has 1 atom stereocenters. The van der Waals surface area contributed by atoms with Crippen molar-refractivity contribution in [2.45, 2.75) is 19.6 Å². The van der Waals surface area contributed by atoms with Crippen LogP contribution in [0, 0.1) is 6.92 Å². The zero-order chi connectivity index (χ0) is 11.5. The standard InChI is InChI=1S/C13H14O3/c1-9-2-4-10(5-3-9)13(15)12-7-6-11(8-14)16-12/h2-7,13-15H,8H2,1H3. The summed E-state index contributed by atoms with van der Waals surface area (Å²) in [5.41, 5.74) is 1.93. The van der Waals surface area contributed by atoms with Crippen molar-refractivity contribution in [2.75, 3.05) is 0 Å². The second kappa shape index (κ2) is 4.51. The Kier molecular flexibility index (Phi) is 3.08. The molecule has 2 N–H and O–H groups in total. The van der Waals surface area contributed by atoms with Gasteiger partial charge in [0.1, 0.15) is 24.2 Å². The summed E-state index contributed by atoms with van der Waals surface area (Å²) in [6.07, 6.45) is -0.777. The molecule has 0 radical (unpaired) electrons. The Morgan fingerprint density at radius 2 is 1.81 bits per heavy atom. The Bertz CT molecular complexity index is 456. The van der Waals surface area contributed by atoms with Gasteiger partial charge in [-0.15, -0.1) is 0 Å². The highest BCUT2D eigenvalue weighted by Gasteiger charge is 2.14. The number of aliphatic hydroxyl groups excluding tert-OH is 2. The Morgan fingerprint density at radius 1 is 1.12 bits per heavy atom. The minimum atomic E-state index is -0.777. The molecule has 0 fully saturated rings. The Morgan fingerprint density at radius 3 is 2.38 bits per heavy atom. The molecule has 3 heteroatoms. The topological polar surface area (TPSA) is 53.6 Å². The molecule has 0 bridgehead atoms. The first-order valence-corrected chi connectivity index (χ1v) is 5.15. The summed E-state index contributed by atoms with van der Waals surface area (Å²) in [6, 6.07) is 10.9. The van der Waals surface area contributed by atoms with Gasteiger partial charge in [0.05, 0.1) is 0 Å². The van der Waals surface area contributed by atoms with E-state index in [-0.39, 0.29) is 6.61 Å². The maximum Gasteiger partial charge on any atom is 0.137 e. The molecule has 1 heterocycles. The molecule has 1 aromatic carbocycles. The van der Waals surface area contributed by atoms with E-state index in [0.29, 0.717) is 11.5 Å². The summed E-state index contributed by atoms with van der Waals surface area (Å²) in [5.74, 6) is 0.911. The number of hydrogen-bond donors (Lipinski definition) is 2. The van der Waals surface area contributed by atoms with Crippen LogP contribution in [0.15, 0.2) is 40.8 Å². The average Bonchev–Trinajstić information content (AvgIpc) is 2.77. The normalized spacial score (nSPS) is 12.7. The SMILES string of the molecule is Cc1ccc(C(O)c2ccc(CO)o2)cc1. The van der Waals surface area contributed by atoms with Crippen LogP contribution in [0.4, 0.5) is 0 Å². The van der Waals surface area contributed by atoms with Crippen molar-refractivity contribution in [1.82, 2.24) is 0 Å². The van der Waals surface area contributed by atoms with Gasteiger partial charge >= 0.3 is 0 Å². The summed E-state index contributed by atoms with van der Waals surface area (Å²) >= 11 is 0. The Labute approximate surface area is 94.0 Å². The van der Waals surface area contributed by atoms with E-state index < -0.39 is 6.10 Å². The van der Waals surface area contributed by atoms with E-state index in [1.54, 1.807) is 12.1 Å². The van der Waals surface area contributed by atoms with E-state index >= 15 is 0 Å². The lowest BCUT2D eigenvalue weighted by Crippen LogP contribution is -1.97. The van der Waals surface area contributed by atoms with E-state index in [9.17, 15) is 5.11 Å². The highest BCUT2D eigenvalue weighted by molar-refractivity contribution is 5.28. The molecule has 84 valence electrons. The van der Waals surface area contributed by atoms with Gasteiger partial charge in [0.25, 0.3) is 0 Å². The third-order valence-corrected chi connectivity index (χ3v) is 2.50. The largest absolute Gasteiger partial charge is 0.460 e. The van der Waals surface area contributed by atoms with Crippen LogP contribution in [0.1, 0.15) is 28.8 Å². The van der Waals surface area contributed by atoms with Crippen LogP contribution < -0.4 is 0 Å². The van der Waals surface area contributed by atoms with E-state index in [1.807, 2.05) is 31.2 Å². The van der Waals surface area contributed by atoms with Gasteiger partial charge in [0.2, 0.25) is 0 Å². The predicted octanol–water partition coefficient (Wildman–Crippen LogP) is 2.16. The molecule has 16 heavy (non-hydrogen) atoms. The minimum Gasteiger partial charge on any atom is -0.460 e. The maximum absolute atomic E-state index is 10.0. The van der Waals surface area contributed by atoms with E-state index in [2.05, 4.69) is 0 Å². The molecule has 2 aromatic rings. The van der Waals surface area contributed by atoms with E-state index in [4.69, 9.17) is 9.52 Å². The lowest BCUT2D eigenvalue weighted by molar-refractivity contribution is 0.176. The number of hydrogen-bond acceptors (Lipinski definition) is 3. The van der Waals surface area contributed by atoms with Crippen LogP contribution in [0.25, 0.3) is 0 Å². The molecule has 1 unspecified atom stereocenters. The molecule has 0 aliphatic carbocycles. The van der Waals surface area contributed by atoms with Gasteiger partial charge in [-0.2, -0.15) is 0 Å². The van der Waals surface area contributed by atoms with Gasteiger partial charge in [-0.1, -0.05) is 29.8 Å². The van der Waals surface area contributed by atoms with Gasteiger partial charge < -0.3 is 14.6 Å². The van der Waals surface area contributed by atoms with Crippen LogP contribution in [0.5, 0.6) is 0 Å². The van der Waals surface area contributed by atoms with Gasteiger partial charge in [0.15, 0.2) is 0 Å². The van der Waals surface area contributed by atoms with Gasteiger partial charge in [-0.05, 0) is 24.6 Å². The summed E-state index contributed by atoms with van der Waals surface area (Å²) in [4.78, 5) is 0.